The van der Waals surface area contributed by atoms with Crippen molar-refractivity contribution in [2.45, 2.75) is 20.4 Å². The lowest BCUT2D eigenvalue weighted by Crippen LogP contribution is -2.03. The molecule has 0 saturated heterocycles. The first kappa shape index (κ1) is 17.0. The number of hydrogen-bond acceptors (Lipinski definition) is 9. The number of thiophene rings is 1. The number of aromatic nitrogens is 6. The van der Waals surface area contributed by atoms with Crippen molar-refractivity contribution in [2.75, 3.05) is 6.61 Å². The highest BCUT2D eigenvalue weighted by atomic mass is 32.1. The van der Waals surface area contributed by atoms with Gasteiger partial charge < -0.3 is 4.74 Å². The quantitative estimate of drug-likeness (QED) is 0.289. The first-order valence-electron chi connectivity index (χ1n) is 7.95. The largest absolute Gasteiger partial charge is 0.462 e. The maximum Gasteiger partial charge on any atom is 0.348 e. The molecular formula is C15H13N7O4S. The third-order valence-corrected chi connectivity index (χ3v) is 5.09. The van der Waals surface area contributed by atoms with Crippen LogP contribution >= 0.6 is 11.3 Å². The van der Waals surface area contributed by atoms with E-state index < -0.39 is 4.92 Å². The zero-order valence-corrected chi connectivity index (χ0v) is 15.1. The van der Waals surface area contributed by atoms with Gasteiger partial charge in [-0.25, -0.2) is 19.3 Å². The lowest BCUT2D eigenvalue weighted by atomic mass is 10.2. The number of carbonyl (C=O) groups excluding carboxylic acids is 1. The van der Waals surface area contributed by atoms with Gasteiger partial charge in [0.05, 0.1) is 16.9 Å². The molecule has 4 rings (SSSR count). The summed E-state index contributed by atoms with van der Waals surface area (Å²) in [5.41, 5.74) is 1.19. The van der Waals surface area contributed by atoms with Gasteiger partial charge in [0.2, 0.25) is 0 Å². The monoisotopic (exact) mass is 387 g/mol. The molecule has 4 heterocycles. The van der Waals surface area contributed by atoms with Gasteiger partial charge in [-0.15, -0.1) is 16.4 Å². The minimum absolute atomic E-state index is 0.101. The number of nitro groups is 1. The van der Waals surface area contributed by atoms with Gasteiger partial charge in [0.1, 0.15) is 35.0 Å². The summed E-state index contributed by atoms with van der Waals surface area (Å²) in [5, 5.41) is 19.8. The second-order valence-electron chi connectivity index (χ2n) is 5.65. The van der Waals surface area contributed by atoms with E-state index in [1.54, 1.807) is 6.92 Å². The molecule has 0 spiro atoms. The highest BCUT2D eigenvalue weighted by Gasteiger charge is 2.21. The summed E-state index contributed by atoms with van der Waals surface area (Å²) >= 11 is 1.25. The van der Waals surface area contributed by atoms with E-state index >= 15 is 0 Å². The Morgan fingerprint density at radius 1 is 1.44 bits per heavy atom. The van der Waals surface area contributed by atoms with Crippen molar-refractivity contribution in [3.05, 3.63) is 45.1 Å². The van der Waals surface area contributed by atoms with Crippen molar-refractivity contribution in [1.29, 1.82) is 0 Å². The van der Waals surface area contributed by atoms with Crippen LogP contribution < -0.4 is 0 Å². The van der Waals surface area contributed by atoms with E-state index in [2.05, 4.69) is 20.2 Å². The molecule has 0 aliphatic heterocycles. The number of esters is 1. The Labute approximate surface area is 155 Å². The van der Waals surface area contributed by atoms with E-state index in [0.717, 1.165) is 10.9 Å². The van der Waals surface area contributed by atoms with Gasteiger partial charge in [0, 0.05) is 0 Å². The van der Waals surface area contributed by atoms with Crippen molar-refractivity contribution < 1.29 is 14.5 Å². The summed E-state index contributed by atoms with van der Waals surface area (Å²) in [6, 6.07) is 0. The summed E-state index contributed by atoms with van der Waals surface area (Å²) in [6.07, 6.45) is 4.00. The van der Waals surface area contributed by atoms with Gasteiger partial charge in [-0.2, -0.15) is 5.10 Å². The number of ether oxygens (including phenoxy) is 1. The fraction of sp³-hybridized carbons (Fsp3) is 0.267. The van der Waals surface area contributed by atoms with Crippen LogP contribution in [0, 0.1) is 17.0 Å². The summed E-state index contributed by atoms with van der Waals surface area (Å²) in [7, 11) is 0. The van der Waals surface area contributed by atoms with E-state index in [1.165, 1.54) is 39.3 Å². The van der Waals surface area contributed by atoms with Crippen LogP contribution in [-0.2, 0) is 11.3 Å². The first-order valence-corrected chi connectivity index (χ1v) is 8.77. The number of carbonyl (C=O) groups is 1. The molecule has 138 valence electrons. The molecule has 0 atom stereocenters. The Morgan fingerprint density at radius 2 is 2.26 bits per heavy atom. The summed E-state index contributed by atoms with van der Waals surface area (Å²) in [6.45, 7) is 4.03. The minimum Gasteiger partial charge on any atom is -0.462 e. The van der Waals surface area contributed by atoms with Crippen LogP contribution in [0.4, 0.5) is 5.69 Å². The lowest BCUT2D eigenvalue weighted by Gasteiger charge is -1.99. The molecule has 0 unspecified atom stereocenters. The second kappa shape index (κ2) is 6.39. The van der Waals surface area contributed by atoms with Gasteiger partial charge in [-0.05, 0) is 19.4 Å². The molecule has 27 heavy (non-hydrogen) atoms. The molecule has 0 aliphatic carbocycles. The molecule has 0 N–H and O–H groups in total. The molecule has 0 fully saturated rings. The highest BCUT2D eigenvalue weighted by Crippen LogP contribution is 2.32. The van der Waals surface area contributed by atoms with Crippen LogP contribution in [-0.4, -0.2) is 46.9 Å². The zero-order valence-electron chi connectivity index (χ0n) is 14.3. The Balaban J connectivity index is 1.76. The third kappa shape index (κ3) is 2.89. The number of nitrogens with zero attached hydrogens (tertiary/aromatic N) is 7. The predicted molar refractivity (Wildman–Crippen MR) is 94.8 cm³/mol. The molecule has 0 radical (unpaired) electrons. The van der Waals surface area contributed by atoms with Crippen LogP contribution in [0.1, 0.15) is 28.0 Å². The second-order valence-corrected chi connectivity index (χ2v) is 6.65. The van der Waals surface area contributed by atoms with Crippen LogP contribution in [0.15, 0.2) is 18.7 Å². The van der Waals surface area contributed by atoms with Crippen molar-refractivity contribution in [1.82, 2.24) is 29.4 Å². The molecule has 0 aromatic carbocycles. The Kier molecular flexibility index (Phi) is 4.03. The molecular weight excluding hydrogens is 374 g/mol. The average Bonchev–Trinajstić information content (AvgIpc) is 3.32. The first-order chi connectivity index (χ1) is 13.0. The van der Waals surface area contributed by atoms with Gasteiger partial charge in [-0.3, -0.25) is 14.8 Å². The molecule has 4 aromatic rings. The fourth-order valence-electron chi connectivity index (χ4n) is 2.71. The van der Waals surface area contributed by atoms with Crippen molar-refractivity contribution in [2.24, 2.45) is 0 Å². The number of rotatable bonds is 5. The maximum absolute atomic E-state index is 12.1. The van der Waals surface area contributed by atoms with Crippen LogP contribution in [0.3, 0.4) is 0 Å². The van der Waals surface area contributed by atoms with E-state index in [4.69, 9.17) is 4.74 Å². The normalized spacial score (nSPS) is 11.3. The molecule has 0 aliphatic rings. The van der Waals surface area contributed by atoms with Gasteiger partial charge >= 0.3 is 11.7 Å². The van der Waals surface area contributed by atoms with E-state index in [9.17, 15) is 14.9 Å². The zero-order chi connectivity index (χ0) is 19.1. The van der Waals surface area contributed by atoms with Crippen molar-refractivity contribution in [3.63, 3.8) is 0 Å². The Hall–Kier alpha value is -3.41. The van der Waals surface area contributed by atoms with E-state index in [-0.39, 0.29) is 18.2 Å². The predicted octanol–water partition coefficient (Wildman–Crippen LogP) is 1.98. The molecule has 0 bridgehead atoms. The molecule has 12 heteroatoms. The summed E-state index contributed by atoms with van der Waals surface area (Å²) in [5.74, 6) is 0.0327. The fourth-order valence-corrected chi connectivity index (χ4v) is 3.75. The van der Waals surface area contributed by atoms with Crippen molar-refractivity contribution >= 4 is 38.9 Å². The van der Waals surface area contributed by atoms with Crippen molar-refractivity contribution in [3.8, 4) is 0 Å². The number of hydrogen-bond donors (Lipinski definition) is 0. The van der Waals surface area contributed by atoms with Crippen LogP contribution in [0.2, 0.25) is 0 Å². The van der Waals surface area contributed by atoms with Gasteiger partial charge in [0.25, 0.3) is 0 Å². The SMILES string of the molecule is CCOC(=O)c1sc2ncn3nc(Cn4cc([N+](=O)[O-])cn4)nc3c2c1C. The van der Waals surface area contributed by atoms with Gasteiger partial charge in [-0.1, -0.05) is 0 Å². The standard InChI is InChI=1S/C15H13N7O4S/c1-3-26-15(23)12-8(2)11-13-18-10(19-21(13)7-16-14(11)27-12)6-20-5-9(4-17-20)22(24)25/h4-5,7H,3,6H2,1-2H3. The number of aryl methyl sites for hydroxylation is 1. The summed E-state index contributed by atoms with van der Waals surface area (Å²) in [4.78, 5) is 32.4. The van der Waals surface area contributed by atoms with Crippen LogP contribution in [0.25, 0.3) is 15.9 Å². The lowest BCUT2D eigenvalue weighted by molar-refractivity contribution is -0.385. The molecule has 4 aromatic heterocycles. The molecule has 0 amide bonds. The van der Waals surface area contributed by atoms with Gasteiger partial charge in [0.15, 0.2) is 11.5 Å². The smallest absolute Gasteiger partial charge is 0.348 e. The molecule has 0 saturated carbocycles. The highest BCUT2D eigenvalue weighted by molar-refractivity contribution is 7.20. The topological polar surface area (TPSA) is 130 Å². The van der Waals surface area contributed by atoms with E-state index in [1.807, 2.05) is 6.92 Å². The van der Waals surface area contributed by atoms with E-state index in [0.29, 0.717) is 27.8 Å². The molecule has 11 nitrogen and oxygen atoms in total. The summed E-state index contributed by atoms with van der Waals surface area (Å²) < 4.78 is 8.00. The Bertz CT molecular complexity index is 1190. The van der Waals surface area contributed by atoms with Crippen LogP contribution in [0.5, 0.6) is 0 Å². The minimum atomic E-state index is -0.514. The number of fused-ring (bicyclic) bond motifs is 3. The maximum atomic E-state index is 12.1. The average molecular weight is 387 g/mol. The Morgan fingerprint density at radius 3 is 2.96 bits per heavy atom. The third-order valence-electron chi connectivity index (χ3n) is 3.91.